The van der Waals surface area contributed by atoms with Crippen LogP contribution in [-0.4, -0.2) is 46.1 Å². The summed E-state index contributed by atoms with van der Waals surface area (Å²) < 4.78 is 0. The van der Waals surface area contributed by atoms with Gasteiger partial charge >= 0.3 is 6.03 Å². The summed E-state index contributed by atoms with van der Waals surface area (Å²) in [5.41, 5.74) is 0.527. The van der Waals surface area contributed by atoms with E-state index in [1.54, 1.807) is 12.4 Å². The van der Waals surface area contributed by atoms with Crippen molar-refractivity contribution in [2.24, 2.45) is 0 Å². The fraction of sp³-hybridized carbons (Fsp3) is 0.706. The quantitative estimate of drug-likeness (QED) is 0.899. The van der Waals surface area contributed by atoms with E-state index in [0.29, 0.717) is 11.7 Å². The first-order valence-electron chi connectivity index (χ1n) is 8.43. The van der Waals surface area contributed by atoms with Crippen LogP contribution in [0.4, 0.5) is 10.5 Å². The molecule has 0 bridgehead atoms. The van der Waals surface area contributed by atoms with E-state index in [9.17, 15) is 4.79 Å². The molecule has 1 aromatic heterocycles. The molecule has 2 atom stereocenters. The molecule has 128 valence electrons. The molecule has 1 aliphatic heterocycles. The molecule has 2 rings (SSSR count). The van der Waals surface area contributed by atoms with Crippen molar-refractivity contribution in [3.05, 3.63) is 18.2 Å². The molecule has 2 amide bonds. The van der Waals surface area contributed by atoms with Gasteiger partial charge in [0.25, 0.3) is 0 Å². The van der Waals surface area contributed by atoms with Crippen LogP contribution in [-0.2, 0) is 5.41 Å². The lowest BCUT2D eigenvalue weighted by Crippen LogP contribution is -2.49. The summed E-state index contributed by atoms with van der Waals surface area (Å²) in [5.74, 6) is 0.768. The molecule has 0 spiro atoms. The van der Waals surface area contributed by atoms with Gasteiger partial charge in [0.05, 0.1) is 18.1 Å². The largest absolute Gasteiger partial charge is 0.335 e. The predicted molar refractivity (Wildman–Crippen MR) is 92.6 cm³/mol. The minimum atomic E-state index is -0.181. The van der Waals surface area contributed by atoms with Crippen molar-refractivity contribution in [2.75, 3.05) is 18.4 Å². The van der Waals surface area contributed by atoms with E-state index >= 15 is 0 Å². The Morgan fingerprint density at radius 1 is 1.35 bits per heavy atom. The Labute approximate surface area is 139 Å². The highest BCUT2D eigenvalue weighted by Gasteiger charge is 2.25. The Morgan fingerprint density at radius 3 is 2.52 bits per heavy atom. The standard InChI is InChI=1S/C17H29N5O/c1-6-22-8-7-13(9-12(22)2)20-16(23)21-14-10-18-15(19-11-14)17(3,4)5/h10-13H,6-9H2,1-5H3,(H2,20,21,23)/t12-,13+/m0/s1. The number of piperidine rings is 1. The van der Waals surface area contributed by atoms with E-state index in [4.69, 9.17) is 0 Å². The zero-order valence-corrected chi connectivity index (χ0v) is 14.9. The second-order valence-electron chi connectivity index (χ2n) is 7.34. The van der Waals surface area contributed by atoms with Crippen molar-refractivity contribution in [3.63, 3.8) is 0 Å². The Morgan fingerprint density at radius 2 is 2.00 bits per heavy atom. The van der Waals surface area contributed by atoms with E-state index < -0.39 is 0 Å². The summed E-state index contributed by atoms with van der Waals surface area (Å²) in [4.78, 5) is 23.2. The second-order valence-corrected chi connectivity index (χ2v) is 7.34. The molecule has 6 heteroatoms. The molecule has 0 radical (unpaired) electrons. The van der Waals surface area contributed by atoms with Gasteiger partial charge in [0.1, 0.15) is 5.82 Å². The number of carbonyl (C=O) groups excluding carboxylic acids is 1. The number of nitrogens with zero attached hydrogens (tertiary/aromatic N) is 3. The van der Waals surface area contributed by atoms with Gasteiger partial charge in [-0.25, -0.2) is 14.8 Å². The topological polar surface area (TPSA) is 70.2 Å². The van der Waals surface area contributed by atoms with Crippen molar-refractivity contribution >= 4 is 11.7 Å². The number of rotatable bonds is 3. The maximum atomic E-state index is 12.1. The third-order valence-corrected chi connectivity index (χ3v) is 4.34. The van der Waals surface area contributed by atoms with Crippen LogP contribution in [0.5, 0.6) is 0 Å². The lowest BCUT2D eigenvalue weighted by molar-refractivity contribution is 0.145. The summed E-state index contributed by atoms with van der Waals surface area (Å²) >= 11 is 0. The van der Waals surface area contributed by atoms with E-state index in [0.717, 1.165) is 31.8 Å². The van der Waals surface area contributed by atoms with Crippen LogP contribution in [0.1, 0.15) is 53.3 Å². The number of carbonyl (C=O) groups is 1. The van der Waals surface area contributed by atoms with Gasteiger partial charge < -0.3 is 15.5 Å². The van der Waals surface area contributed by atoms with E-state index in [-0.39, 0.29) is 17.5 Å². The SMILES string of the molecule is CCN1CC[C@@H](NC(=O)Nc2cnc(C(C)(C)C)nc2)C[C@@H]1C. The number of amides is 2. The zero-order valence-electron chi connectivity index (χ0n) is 14.9. The first kappa shape index (κ1) is 17.7. The van der Waals surface area contributed by atoms with Crippen molar-refractivity contribution in [1.82, 2.24) is 20.2 Å². The molecule has 6 nitrogen and oxygen atoms in total. The van der Waals surface area contributed by atoms with Gasteiger partial charge in [-0.1, -0.05) is 27.7 Å². The lowest BCUT2D eigenvalue weighted by Gasteiger charge is -2.37. The normalized spacial score (nSPS) is 22.7. The summed E-state index contributed by atoms with van der Waals surface area (Å²) in [5, 5.41) is 5.87. The molecule has 2 N–H and O–H groups in total. The predicted octanol–water partition coefficient (Wildman–Crippen LogP) is 2.77. The van der Waals surface area contributed by atoms with Crippen molar-refractivity contribution in [3.8, 4) is 0 Å². The minimum absolute atomic E-state index is 0.0931. The van der Waals surface area contributed by atoms with Crippen molar-refractivity contribution in [1.29, 1.82) is 0 Å². The van der Waals surface area contributed by atoms with Gasteiger partial charge in [-0.2, -0.15) is 0 Å². The smallest absolute Gasteiger partial charge is 0.319 e. The molecule has 1 aromatic rings. The first-order chi connectivity index (χ1) is 10.8. The number of hydrogen-bond donors (Lipinski definition) is 2. The zero-order chi connectivity index (χ0) is 17.0. The van der Waals surface area contributed by atoms with Crippen LogP contribution >= 0.6 is 0 Å². The van der Waals surface area contributed by atoms with Crippen LogP contribution in [0.3, 0.4) is 0 Å². The molecule has 2 heterocycles. The highest BCUT2D eigenvalue weighted by molar-refractivity contribution is 5.89. The van der Waals surface area contributed by atoms with Gasteiger partial charge in [-0.15, -0.1) is 0 Å². The minimum Gasteiger partial charge on any atom is -0.335 e. The fourth-order valence-corrected chi connectivity index (χ4v) is 2.95. The average molecular weight is 319 g/mol. The Balaban J connectivity index is 1.85. The maximum absolute atomic E-state index is 12.1. The van der Waals surface area contributed by atoms with Crippen LogP contribution in [0.2, 0.25) is 0 Å². The van der Waals surface area contributed by atoms with Crippen LogP contribution in [0.25, 0.3) is 0 Å². The second kappa shape index (κ2) is 7.25. The van der Waals surface area contributed by atoms with Gasteiger partial charge in [-0.3, -0.25) is 0 Å². The Kier molecular flexibility index (Phi) is 5.57. The Hall–Kier alpha value is -1.69. The number of hydrogen-bond acceptors (Lipinski definition) is 4. The van der Waals surface area contributed by atoms with Crippen molar-refractivity contribution in [2.45, 2.75) is 65.0 Å². The molecule has 0 aromatic carbocycles. The number of aromatic nitrogens is 2. The first-order valence-corrected chi connectivity index (χ1v) is 8.43. The third-order valence-electron chi connectivity index (χ3n) is 4.34. The van der Waals surface area contributed by atoms with Gasteiger partial charge in [0.2, 0.25) is 0 Å². The van der Waals surface area contributed by atoms with E-state index in [1.165, 1.54) is 0 Å². The molecule has 1 aliphatic rings. The van der Waals surface area contributed by atoms with Crippen LogP contribution in [0.15, 0.2) is 12.4 Å². The third kappa shape index (κ3) is 4.89. The van der Waals surface area contributed by atoms with Gasteiger partial charge in [0.15, 0.2) is 0 Å². The maximum Gasteiger partial charge on any atom is 0.319 e. The number of urea groups is 1. The summed E-state index contributed by atoms with van der Waals surface area (Å²) in [6.45, 7) is 12.7. The fourth-order valence-electron chi connectivity index (χ4n) is 2.95. The highest BCUT2D eigenvalue weighted by Crippen LogP contribution is 2.19. The number of nitrogens with one attached hydrogen (secondary N) is 2. The van der Waals surface area contributed by atoms with Crippen LogP contribution in [0, 0.1) is 0 Å². The number of likely N-dealkylation sites (tertiary alicyclic amines) is 1. The molecular weight excluding hydrogens is 290 g/mol. The molecule has 0 aliphatic carbocycles. The average Bonchev–Trinajstić information content (AvgIpc) is 2.47. The summed E-state index contributed by atoms with van der Waals surface area (Å²) in [6.07, 6.45) is 5.30. The molecule has 1 saturated heterocycles. The van der Waals surface area contributed by atoms with E-state index in [2.05, 4.69) is 60.1 Å². The molecule has 0 saturated carbocycles. The monoisotopic (exact) mass is 319 g/mol. The summed E-state index contributed by atoms with van der Waals surface area (Å²) in [7, 11) is 0. The van der Waals surface area contributed by atoms with Crippen molar-refractivity contribution < 1.29 is 4.79 Å². The molecule has 1 fully saturated rings. The van der Waals surface area contributed by atoms with E-state index in [1.807, 2.05) is 0 Å². The van der Waals surface area contributed by atoms with Gasteiger partial charge in [-0.05, 0) is 26.3 Å². The molecular formula is C17H29N5O. The van der Waals surface area contributed by atoms with Gasteiger partial charge in [0, 0.05) is 24.0 Å². The summed E-state index contributed by atoms with van der Waals surface area (Å²) in [6, 6.07) is 0.551. The number of anilines is 1. The van der Waals surface area contributed by atoms with Crippen LogP contribution < -0.4 is 10.6 Å². The lowest BCUT2D eigenvalue weighted by atomic mass is 9.96. The highest BCUT2D eigenvalue weighted by atomic mass is 16.2. The Bertz CT molecular complexity index is 523. The molecule has 23 heavy (non-hydrogen) atoms. The molecule has 0 unspecified atom stereocenters.